The third-order valence-corrected chi connectivity index (χ3v) is 10.8. The molecular formula is C20H18S4. The minimum atomic E-state index is 0.575. The molecule has 2 aromatic rings. The zero-order valence-electron chi connectivity index (χ0n) is 13.6. The van der Waals surface area contributed by atoms with Crippen molar-refractivity contribution in [1.29, 1.82) is 0 Å². The molecule has 2 aliphatic heterocycles. The average Bonchev–Trinajstić information content (AvgIpc) is 3.19. The van der Waals surface area contributed by atoms with Gasteiger partial charge >= 0.3 is 0 Å². The molecule has 0 radical (unpaired) electrons. The van der Waals surface area contributed by atoms with Gasteiger partial charge in [-0.3, -0.25) is 0 Å². The van der Waals surface area contributed by atoms with Crippen LogP contribution in [0.2, 0.25) is 0 Å². The molecule has 0 nitrogen and oxygen atoms in total. The van der Waals surface area contributed by atoms with Crippen molar-refractivity contribution in [2.45, 2.75) is 23.0 Å². The number of hydrogen-bond acceptors (Lipinski definition) is 4. The summed E-state index contributed by atoms with van der Waals surface area (Å²) < 4.78 is 1.15. The molecule has 0 aromatic heterocycles. The predicted molar refractivity (Wildman–Crippen MR) is 116 cm³/mol. The maximum atomic E-state index is 2.27. The lowest BCUT2D eigenvalue weighted by atomic mass is 10.2. The molecule has 0 aliphatic carbocycles. The second kappa shape index (κ2) is 7.28. The van der Waals surface area contributed by atoms with E-state index in [9.17, 15) is 0 Å². The highest BCUT2D eigenvalue weighted by molar-refractivity contribution is 8.32. The maximum Gasteiger partial charge on any atom is 0.0811 e. The maximum absolute atomic E-state index is 2.27. The first-order valence-electron chi connectivity index (χ1n) is 7.91. The number of rotatable bonds is 3. The van der Waals surface area contributed by atoms with E-state index in [2.05, 4.69) is 74.5 Å². The van der Waals surface area contributed by atoms with Gasteiger partial charge in [-0.1, -0.05) is 60.7 Å². The van der Waals surface area contributed by atoms with Gasteiger partial charge in [-0.15, -0.1) is 47.0 Å². The average molecular weight is 387 g/mol. The van der Waals surface area contributed by atoms with Gasteiger partial charge < -0.3 is 0 Å². The molecule has 0 bridgehead atoms. The van der Waals surface area contributed by atoms with E-state index in [0.29, 0.717) is 9.16 Å². The number of benzene rings is 2. The quantitative estimate of drug-likeness (QED) is 0.539. The van der Waals surface area contributed by atoms with Gasteiger partial charge in [0, 0.05) is 9.81 Å². The molecule has 2 aliphatic rings. The fourth-order valence-corrected chi connectivity index (χ4v) is 9.52. The largest absolute Gasteiger partial charge is 0.113 e. The molecule has 0 spiro atoms. The van der Waals surface area contributed by atoms with Crippen molar-refractivity contribution in [3.63, 3.8) is 0 Å². The van der Waals surface area contributed by atoms with Crippen LogP contribution in [0.1, 0.15) is 25.0 Å². The van der Waals surface area contributed by atoms with E-state index in [1.807, 2.05) is 47.0 Å². The zero-order valence-corrected chi connectivity index (χ0v) is 16.8. The Morgan fingerprint density at radius 2 is 0.917 bits per heavy atom. The first-order valence-corrected chi connectivity index (χ1v) is 11.4. The summed E-state index contributed by atoms with van der Waals surface area (Å²) >= 11 is 8.16. The van der Waals surface area contributed by atoms with Gasteiger partial charge in [-0.25, -0.2) is 0 Å². The number of hydrogen-bond donors (Lipinski definition) is 0. The highest BCUT2D eigenvalue weighted by Crippen LogP contribution is 2.61. The third-order valence-electron chi connectivity index (χ3n) is 3.99. The lowest BCUT2D eigenvalue weighted by Gasteiger charge is -2.16. The third kappa shape index (κ3) is 3.34. The predicted octanol–water partition coefficient (Wildman–Crippen LogP) is 7.38. The highest BCUT2D eigenvalue weighted by atomic mass is 32.2. The molecule has 0 saturated heterocycles. The molecule has 122 valence electrons. The van der Waals surface area contributed by atoms with E-state index in [1.165, 1.54) is 30.7 Å². The first kappa shape index (κ1) is 16.8. The van der Waals surface area contributed by atoms with E-state index < -0.39 is 0 Å². The topological polar surface area (TPSA) is 0 Å². The molecule has 0 amide bonds. The summed E-state index contributed by atoms with van der Waals surface area (Å²) in [5.41, 5.74) is 2.71. The van der Waals surface area contributed by atoms with Gasteiger partial charge in [0.2, 0.25) is 0 Å². The molecule has 2 atom stereocenters. The van der Waals surface area contributed by atoms with Crippen molar-refractivity contribution < 1.29 is 0 Å². The van der Waals surface area contributed by atoms with Gasteiger partial charge in [-0.05, 0) is 34.8 Å². The number of allylic oxidation sites excluding steroid dienone is 2. The summed E-state index contributed by atoms with van der Waals surface area (Å²) in [7, 11) is 0. The van der Waals surface area contributed by atoms with Crippen LogP contribution >= 0.6 is 47.0 Å². The summed E-state index contributed by atoms with van der Waals surface area (Å²) in [5.74, 6) is 0. The van der Waals surface area contributed by atoms with Gasteiger partial charge in [0.15, 0.2) is 0 Å². The Bertz CT molecular complexity index is 723. The van der Waals surface area contributed by atoms with Crippen molar-refractivity contribution in [2.75, 3.05) is 0 Å². The second-order valence-corrected chi connectivity index (χ2v) is 11.3. The standard InChI is InChI=1S/C20H18S4/c1-13-17(15-9-5-3-6-10-15)23-19(21-13)20-22-14(2)18(24-20)16-11-7-4-8-12-16/h3-12,19-20H,1-2H3. The molecule has 4 rings (SSSR count). The first-order chi connectivity index (χ1) is 11.7. The Hall–Kier alpha value is -0.680. The summed E-state index contributed by atoms with van der Waals surface area (Å²) in [6, 6.07) is 21.6. The summed E-state index contributed by atoms with van der Waals surface area (Å²) in [6.45, 7) is 4.53. The molecular weight excluding hydrogens is 368 g/mol. The van der Waals surface area contributed by atoms with Crippen LogP contribution in [-0.4, -0.2) is 9.16 Å². The summed E-state index contributed by atoms with van der Waals surface area (Å²) in [4.78, 5) is 5.83. The molecule has 0 fully saturated rings. The SMILES string of the molecule is CC1=C(c2ccccc2)SC(C2SC(C)=C(c3ccccc3)S2)S1. The van der Waals surface area contributed by atoms with Crippen LogP contribution in [0, 0.1) is 0 Å². The van der Waals surface area contributed by atoms with Gasteiger partial charge in [-0.2, -0.15) is 0 Å². The Labute approximate surface area is 161 Å². The Kier molecular flexibility index (Phi) is 5.09. The fourth-order valence-electron chi connectivity index (χ4n) is 2.85. The highest BCUT2D eigenvalue weighted by Gasteiger charge is 2.36. The van der Waals surface area contributed by atoms with Crippen LogP contribution < -0.4 is 0 Å². The Morgan fingerprint density at radius 1 is 0.542 bits per heavy atom. The van der Waals surface area contributed by atoms with Crippen molar-refractivity contribution in [3.05, 3.63) is 81.6 Å². The molecule has 0 saturated carbocycles. The smallest absolute Gasteiger partial charge is 0.0811 e. The monoisotopic (exact) mass is 386 g/mol. The van der Waals surface area contributed by atoms with Gasteiger partial charge in [0.25, 0.3) is 0 Å². The van der Waals surface area contributed by atoms with E-state index in [-0.39, 0.29) is 0 Å². The second-order valence-electron chi connectivity index (χ2n) is 5.71. The number of thioether (sulfide) groups is 4. The van der Waals surface area contributed by atoms with Crippen molar-refractivity contribution in [1.82, 2.24) is 0 Å². The van der Waals surface area contributed by atoms with Gasteiger partial charge in [0.1, 0.15) is 0 Å². The Balaban J connectivity index is 1.49. The lowest BCUT2D eigenvalue weighted by molar-refractivity contribution is 1.38. The minimum Gasteiger partial charge on any atom is -0.113 e. The Morgan fingerprint density at radius 3 is 1.29 bits per heavy atom. The van der Waals surface area contributed by atoms with E-state index in [1.54, 1.807) is 0 Å². The molecule has 2 aromatic carbocycles. The van der Waals surface area contributed by atoms with Crippen molar-refractivity contribution in [2.24, 2.45) is 0 Å². The molecule has 2 unspecified atom stereocenters. The fraction of sp³-hybridized carbons (Fsp3) is 0.200. The molecule has 4 heteroatoms. The normalized spacial score (nSPS) is 24.1. The van der Waals surface area contributed by atoms with Crippen LogP contribution in [0.15, 0.2) is 70.5 Å². The van der Waals surface area contributed by atoms with E-state index in [4.69, 9.17) is 0 Å². The van der Waals surface area contributed by atoms with Crippen molar-refractivity contribution in [3.8, 4) is 0 Å². The lowest BCUT2D eigenvalue weighted by Crippen LogP contribution is -2.07. The van der Waals surface area contributed by atoms with Gasteiger partial charge in [0.05, 0.1) is 9.16 Å². The minimum absolute atomic E-state index is 0.575. The molecule has 2 heterocycles. The molecule has 24 heavy (non-hydrogen) atoms. The molecule has 0 N–H and O–H groups in total. The zero-order chi connectivity index (χ0) is 16.5. The van der Waals surface area contributed by atoms with Crippen LogP contribution in [0.5, 0.6) is 0 Å². The van der Waals surface area contributed by atoms with Crippen LogP contribution in [0.3, 0.4) is 0 Å². The van der Waals surface area contributed by atoms with Crippen LogP contribution in [0.4, 0.5) is 0 Å². The summed E-state index contributed by atoms with van der Waals surface area (Å²) in [5, 5.41) is 0. The summed E-state index contributed by atoms with van der Waals surface area (Å²) in [6.07, 6.45) is 0. The van der Waals surface area contributed by atoms with Crippen LogP contribution in [-0.2, 0) is 0 Å². The van der Waals surface area contributed by atoms with E-state index >= 15 is 0 Å². The van der Waals surface area contributed by atoms with Crippen molar-refractivity contribution >= 4 is 56.9 Å². The van der Waals surface area contributed by atoms with Crippen LogP contribution in [0.25, 0.3) is 9.81 Å². The van der Waals surface area contributed by atoms with E-state index in [0.717, 1.165) is 0 Å².